The Morgan fingerprint density at radius 3 is 1.89 bits per heavy atom. The predicted molar refractivity (Wildman–Crippen MR) is 27.8 cm³/mol. The standard InChI is InChI=1S/C5H11NO2.Cs/c1-3(2)4(6)5(7)8;/h3-4H,6H2,1-2H3,(H,7,8);/q;+1/p-1/t4-;/m0./s1. The molecular formula is C5H10CsNO2. The van der Waals surface area contributed by atoms with Gasteiger partial charge in [0.2, 0.25) is 0 Å². The van der Waals surface area contributed by atoms with E-state index in [0.29, 0.717) is 0 Å². The Kier molecular flexibility index (Phi) is 9.04. The molecule has 0 amide bonds. The Bertz CT molecular complexity index is 95.0. The van der Waals surface area contributed by atoms with E-state index in [-0.39, 0.29) is 74.8 Å². The van der Waals surface area contributed by atoms with Crippen LogP contribution in [-0.2, 0) is 4.79 Å². The smallest absolute Gasteiger partial charge is 0.548 e. The zero-order valence-electron chi connectivity index (χ0n) is 6.05. The van der Waals surface area contributed by atoms with Gasteiger partial charge in [-0.05, 0) is 5.92 Å². The molecule has 4 heteroatoms. The number of nitrogens with two attached hydrogens (primary N) is 1. The zero-order valence-corrected chi connectivity index (χ0v) is 12.3. The maximum atomic E-state index is 9.90. The Labute approximate surface area is 114 Å². The van der Waals surface area contributed by atoms with E-state index in [4.69, 9.17) is 5.73 Å². The normalized spacial score (nSPS) is 12.4. The molecule has 0 heterocycles. The topological polar surface area (TPSA) is 66.2 Å². The van der Waals surface area contributed by atoms with Gasteiger partial charge in [0.05, 0.1) is 5.97 Å². The summed E-state index contributed by atoms with van der Waals surface area (Å²) in [6, 6.07) is -0.824. The van der Waals surface area contributed by atoms with Crippen LogP contribution in [0.3, 0.4) is 0 Å². The maximum Gasteiger partial charge on any atom is 1.00 e. The van der Waals surface area contributed by atoms with E-state index < -0.39 is 12.0 Å². The van der Waals surface area contributed by atoms with Crippen molar-refractivity contribution in [3.8, 4) is 0 Å². The number of aliphatic carboxylic acids is 1. The SMILES string of the molecule is CC(C)[C@H](N)C(=O)[O-].[Cs+]. The molecule has 0 aromatic heterocycles. The van der Waals surface area contributed by atoms with Crippen molar-refractivity contribution in [3.63, 3.8) is 0 Å². The first-order valence-corrected chi connectivity index (χ1v) is 2.52. The summed E-state index contributed by atoms with van der Waals surface area (Å²) in [5.41, 5.74) is 5.10. The van der Waals surface area contributed by atoms with E-state index in [0.717, 1.165) is 0 Å². The van der Waals surface area contributed by atoms with E-state index in [1.54, 1.807) is 13.8 Å². The monoisotopic (exact) mass is 249 g/mol. The van der Waals surface area contributed by atoms with Crippen molar-refractivity contribution < 1.29 is 78.8 Å². The van der Waals surface area contributed by atoms with E-state index >= 15 is 0 Å². The van der Waals surface area contributed by atoms with E-state index in [1.165, 1.54) is 0 Å². The van der Waals surface area contributed by atoms with Gasteiger partial charge < -0.3 is 15.6 Å². The van der Waals surface area contributed by atoms with Crippen LogP contribution >= 0.6 is 0 Å². The molecule has 9 heavy (non-hydrogen) atoms. The van der Waals surface area contributed by atoms with Crippen LogP contribution in [0.5, 0.6) is 0 Å². The molecule has 0 aliphatic carbocycles. The number of carbonyl (C=O) groups is 1. The van der Waals surface area contributed by atoms with Crippen molar-refractivity contribution in [1.29, 1.82) is 0 Å². The van der Waals surface area contributed by atoms with E-state index in [9.17, 15) is 9.90 Å². The van der Waals surface area contributed by atoms with Gasteiger partial charge in [-0.25, -0.2) is 0 Å². The third kappa shape index (κ3) is 5.90. The summed E-state index contributed by atoms with van der Waals surface area (Å²) in [5, 5.41) is 9.90. The van der Waals surface area contributed by atoms with Crippen LogP contribution in [0.4, 0.5) is 0 Å². The minimum Gasteiger partial charge on any atom is -0.548 e. The van der Waals surface area contributed by atoms with Crippen LogP contribution in [0, 0.1) is 5.92 Å². The molecule has 1 atom stereocenters. The van der Waals surface area contributed by atoms with Crippen LogP contribution in [-0.4, -0.2) is 12.0 Å². The Morgan fingerprint density at radius 2 is 1.89 bits per heavy atom. The molecule has 0 saturated heterocycles. The van der Waals surface area contributed by atoms with Crippen LogP contribution in [0.2, 0.25) is 0 Å². The molecule has 0 aromatic rings. The van der Waals surface area contributed by atoms with E-state index in [1.807, 2.05) is 0 Å². The van der Waals surface area contributed by atoms with Gasteiger partial charge in [0.1, 0.15) is 0 Å². The first kappa shape index (κ1) is 13.1. The molecule has 0 fully saturated rings. The van der Waals surface area contributed by atoms with Gasteiger partial charge in [-0.2, -0.15) is 0 Å². The van der Waals surface area contributed by atoms with Crippen molar-refractivity contribution in [1.82, 2.24) is 0 Å². The summed E-state index contributed by atoms with van der Waals surface area (Å²) in [5.74, 6) is -1.22. The third-order valence-corrected chi connectivity index (χ3v) is 0.990. The molecule has 0 aliphatic rings. The zero-order chi connectivity index (χ0) is 6.73. The van der Waals surface area contributed by atoms with Crippen LogP contribution in [0.1, 0.15) is 13.8 Å². The predicted octanol–water partition coefficient (Wildman–Crippen LogP) is -4.28. The van der Waals surface area contributed by atoms with Crippen LogP contribution in [0.25, 0.3) is 0 Å². The van der Waals surface area contributed by atoms with Gasteiger partial charge in [-0.3, -0.25) is 0 Å². The molecule has 0 radical (unpaired) electrons. The Hall–Kier alpha value is 1.48. The molecule has 0 aliphatic heterocycles. The summed E-state index contributed by atoms with van der Waals surface area (Å²) in [7, 11) is 0. The van der Waals surface area contributed by atoms with Crippen molar-refractivity contribution in [3.05, 3.63) is 0 Å². The summed E-state index contributed by atoms with van der Waals surface area (Å²) in [6.07, 6.45) is 0. The maximum absolute atomic E-state index is 9.90. The largest absolute Gasteiger partial charge is 1.00 e. The third-order valence-electron chi connectivity index (χ3n) is 0.990. The van der Waals surface area contributed by atoms with E-state index in [2.05, 4.69) is 0 Å². The van der Waals surface area contributed by atoms with Gasteiger partial charge in [0, 0.05) is 6.04 Å². The second-order valence-electron chi connectivity index (χ2n) is 2.09. The number of carboxylic acid groups (broad SMARTS) is 1. The summed E-state index contributed by atoms with van der Waals surface area (Å²) < 4.78 is 0. The van der Waals surface area contributed by atoms with Crippen molar-refractivity contribution in [2.45, 2.75) is 19.9 Å². The van der Waals surface area contributed by atoms with Gasteiger partial charge >= 0.3 is 68.9 Å². The van der Waals surface area contributed by atoms with Crippen molar-refractivity contribution in [2.24, 2.45) is 11.7 Å². The van der Waals surface area contributed by atoms with Crippen LogP contribution < -0.4 is 79.7 Å². The fourth-order valence-electron chi connectivity index (χ4n) is 0.272. The average Bonchev–Trinajstić information content (AvgIpc) is 1.64. The molecule has 3 nitrogen and oxygen atoms in total. The minimum atomic E-state index is -1.18. The van der Waals surface area contributed by atoms with Crippen LogP contribution in [0.15, 0.2) is 0 Å². The quantitative estimate of drug-likeness (QED) is 0.538. The molecule has 2 N–H and O–H groups in total. The number of hydrogen-bond acceptors (Lipinski definition) is 3. The van der Waals surface area contributed by atoms with Crippen molar-refractivity contribution in [2.75, 3.05) is 0 Å². The fraction of sp³-hybridized carbons (Fsp3) is 0.800. The molecule has 0 spiro atoms. The summed E-state index contributed by atoms with van der Waals surface area (Å²) in [6.45, 7) is 3.47. The number of carboxylic acids is 1. The van der Waals surface area contributed by atoms with Crippen molar-refractivity contribution >= 4 is 5.97 Å². The summed E-state index contributed by atoms with van der Waals surface area (Å²) >= 11 is 0. The van der Waals surface area contributed by atoms with Gasteiger partial charge in [-0.1, -0.05) is 13.8 Å². The first-order valence-electron chi connectivity index (χ1n) is 2.52. The molecule has 0 aromatic carbocycles. The molecule has 48 valence electrons. The second kappa shape index (κ2) is 6.21. The first-order chi connectivity index (χ1) is 3.55. The Morgan fingerprint density at radius 1 is 1.56 bits per heavy atom. The number of rotatable bonds is 2. The molecular weight excluding hydrogens is 239 g/mol. The fourth-order valence-corrected chi connectivity index (χ4v) is 0.272. The molecule has 0 rings (SSSR count). The second-order valence-corrected chi connectivity index (χ2v) is 2.09. The van der Waals surface area contributed by atoms with Gasteiger partial charge in [0.25, 0.3) is 0 Å². The number of hydrogen-bond donors (Lipinski definition) is 1. The van der Waals surface area contributed by atoms with Gasteiger partial charge in [-0.15, -0.1) is 0 Å². The molecule has 0 unspecified atom stereocenters. The van der Waals surface area contributed by atoms with Gasteiger partial charge in [0.15, 0.2) is 0 Å². The Balaban J connectivity index is 0. The minimum absolute atomic E-state index is 0. The average molecular weight is 249 g/mol. The molecule has 0 bridgehead atoms. The molecule has 0 saturated carbocycles. The summed E-state index contributed by atoms with van der Waals surface area (Å²) in [4.78, 5) is 9.90. The number of carbonyl (C=O) groups excluding carboxylic acids is 1.